The van der Waals surface area contributed by atoms with Gasteiger partial charge in [-0.05, 0) is 25.0 Å². The van der Waals surface area contributed by atoms with Crippen LogP contribution in [-0.4, -0.2) is 69.5 Å². The highest BCUT2D eigenvalue weighted by Crippen LogP contribution is 2.35. The van der Waals surface area contributed by atoms with Gasteiger partial charge >= 0.3 is 5.97 Å². The van der Waals surface area contributed by atoms with Crippen LogP contribution in [0.15, 0.2) is 30.3 Å². The number of carbonyl (C=O) groups excluding carboxylic acids is 2. The second kappa shape index (κ2) is 8.84. The van der Waals surface area contributed by atoms with E-state index in [-0.39, 0.29) is 18.1 Å². The highest BCUT2D eigenvalue weighted by atomic mass is 32.2. The molecule has 0 N–H and O–H groups in total. The van der Waals surface area contributed by atoms with Crippen LogP contribution in [0, 0.1) is 0 Å². The number of carbonyl (C=O) groups is 2. The third-order valence-corrected chi connectivity index (χ3v) is 5.95. The summed E-state index contributed by atoms with van der Waals surface area (Å²) in [5, 5.41) is 0. The van der Waals surface area contributed by atoms with Crippen LogP contribution in [0.4, 0.5) is 5.69 Å². The highest BCUT2D eigenvalue weighted by Gasteiger charge is 2.49. The van der Waals surface area contributed by atoms with E-state index in [2.05, 4.69) is 0 Å². The zero-order chi connectivity index (χ0) is 20.1. The SMILES string of the molecule is CCC(=O)N(c1ccccc1)C1(C(=O)OC)CCN(CCS(C)(=O)=O)CC1. The molecule has 0 unspecified atom stereocenters. The Kier molecular flexibility index (Phi) is 7.00. The monoisotopic (exact) mass is 396 g/mol. The summed E-state index contributed by atoms with van der Waals surface area (Å²) in [5.41, 5.74) is -0.413. The molecule has 1 aromatic carbocycles. The molecule has 0 aliphatic carbocycles. The maximum Gasteiger partial charge on any atom is 0.332 e. The second-order valence-corrected chi connectivity index (χ2v) is 9.17. The molecular weight excluding hydrogens is 368 g/mol. The lowest BCUT2D eigenvalue weighted by Gasteiger charge is -2.46. The van der Waals surface area contributed by atoms with Crippen LogP contribution in [0.25, 0.3) is 0 Å². The second-order valence-electron chi connectivity index (χ2n) is 6.91. The maximum atomic E-state index is 12.8. The quantitative estimate of drug-likeness (QED) is 0.649. The van der Waals surface area contributed by atoms with Crippen molar-refractivity contribution in [3.8, 4) is 0 Å². The normalized spacial score (nSPS) is 17.3. The van der Waals surface area contributed by atoms with Crippen molar-refractivity contribution in [1.29, 1.82) is 0 Å². The third-order valence-electron chi connectivity index (χ3n) is 5.02. The van der Waals surface area contributed by atoms with Crippen molar-refractivity contribution in [2.75, 3.05) is 43.7 Å². The third kappa shape index (κ3) is 5.07. The Hall–Kier alpha value is -1.93. The van der Waals surface area contributed by atoms with Gasteiger partial charge in [-0.2, -0.15) is 0 Å². The standard InChI is InChI=1S/C19H28N2O5S/c1-4-17(22)21(16-8-6-5-7-9-16)19(18(23)26-2)10-12-20(13-11-19)14-15-27(3,24)25/h5-9H,4,10-15H2,1-3H3. The topological polar surface area (TPSA) is 84.0 Å². The van der Waals surface area contributed by atoms with Crippen molar-refractivity contribution in [3.63, 3.8) is 0 Å². The molecular formula is C19H28N2O5S. The number of likely N-dealkylation sites (tertiary alicyclic amines) is 1. The number of hydrogen-bond acceptors (Lipinski definition) is 6. The van der Waals surface area contributed by atoms with Gasteiger partial charge in [-0.1, -0.05) is 25.1 Å². The van der Waals surface area contributed by atoms with E-state index in [9.17, 15) is 18.0 Å². The minimum Gasteiger partial charge on any atom is -0.467 e. The first-order valence-corrected chi connectivity index (χ1v) is 11.2. The number of benzene rings is 1. The molecule has 0 spiro atoms. The molecule has 0 radical (unpaired) electrons. The molecule has 2 rings (SSSR count). The summed E-state index contributed by atoms with van der Waals surface area (Å²) in [5.74, 6) is -0.499. The smallest absolute Gasteiger partial charge is 0.332 e. The summed E-state index contributed by atoms with van der Waals surface area (Å²) >= 11 is 0. The van der Waals surface area contributed by atoms with E-state index in [1.54, 1.807) is 11.8 Å². The van der Waals surface area contributed by atoms with Gasteiger partial charge in [0.1, 0.15) is 15.4 Å². The van der Waals surface area contributed by atoms with Crippen LogP contribution in [0.3, 0.4) is 0 Å². The zero-order valence-electron chi connectivity index (χ0n) is 16.2. The average Bonchev–Trinajstić information content (AvgIpc) is 2.66. The van der Waals surface area contributed by atoms with Crippen LogP contribution in [0.1, 0.15) is 26.2 Å². The predicted molar refractivity (Wildman–Crippen MR) is 104 cm³/mol. The zero-order valence-corrected chi connectivity index (χ0v) is 17.0. The van der Waals surface area contributed by atoms with Crippen molar-refractivity contribution in [2.24, 2.45) is 0 Å². The van der Waals surface area contributed by atoms with Gasteiger partial charge in [-0.25, -0.2) is 13.2 Å². The summed E-state index contributed by atoms with van der Waals surface area (Å²) in [6.45, 7) is 3.23. The van der Waals surface area contributed by atoms with E-state index in [0.29, 0.717) is 38.2 Å². The Morgan fingerprint density at radius 3 is 2.26 bits per heavy atom. The van der Waals surface area contributed by atoms with Crippen LogP contribution >= 0.6 is 0 Å². The molecule has 1 amide bonds. The lowest BCUT2D eigenvalue weighted by Crippen LogP contribution is -2.62. The van der Waals surface area contributed by atoms with E-state index in [1.165, 1.54) is 13.4 Å². The Balaban J connectivity index is 2.31. The van der Waals surface area contributed by atoms with Crippen LogP contribution in [0.5, 0.6) is 0 Å². The van der Waals surface area contributed by atoms with Gasteiger partial charge in [-0.15, -0.1) is 0 Å². The van der Waals surface area contributed by atoms with Gasteiger partial charge in [0, 0.05) is 38.0 Å². The largest absolute Gasteiger partial charge is 0.467 e. The number of sulfone groups is 1. The summed E-state index contributed by atoms with van der Waals surface area (Å²) < 4.78 is 27.9. The molecule has 27 heavy (non-hydrogen) atoms. The molecule has 1 aromatic rings. The Labute approximate surface area is 161 Å². The van der Waals surface area contributed by atoms with E-state index in [0.717, 1.165) is 0 Å². The van der Waals surface area contributed by atoms with Crippen molar-refractivity contribution in [3.05, 3.63) is 30.3 Å². The Morgan fingerprint density at radius 1 is 1.19 bits per heavy atom. The van der Waals surface area contributed by atoms with E-state index in [1.807, 2.05) is 35.2 Å². The fourth-order valence-electron chi connectivity index (χ4n) is 3.52. The molecule has 7 nitrogen and oxygen atoms in total. The highest BCUT2D eigenvalue weighted by molar-refractivity contribution is 7.90. The van der Waals surface area contributed by atoms with Gasteiger partial charge in [0.05, 0.1) is 12.9 Å². The molecule has 0 bridgehead atoms. The number of para-hydroxylation sites is 1. The first-order chi connectivity index (χ1) is 12.7. The number of amides is 1. The predicted octanol–water partition coefficient (Wildman–Crippen LogP) is 1.48. The van der Waals surface area contributed by atoms with E-state index < -0.39 is 21.3 Å². The Bertz CT molecular complexity index is 756. The van der Waals surface area contributed by atoms with Crippen LogP contribution in [-0.2, 0) is 24.2 Å². The van der Waals surface area contributed by atoms with Crippen molar-refractivity contribution in [1.82, 2.24) is 4.90 Å². The lowest BCUT2D eigenvalue weighted by molar-refractivity contribution is -0.150. The van der Waals surface area contributed by atoms with Gasteiger partial charge in [0.25, 0.3) is 0 Å². The number of esters is 1. The molecule has 0 saturated carbocycles. The molecule has 1 aliphatic rings. The molecule has 1 fully saturated rings. The van der Waals surface area contributed by atoms with E-state index >= 15 is 0 Å². The average molecular weight is 397 g/mol. The minimum atomic E-state index is -3.05. The maximum absolute atomic E-state index is 12.8. The first-order valence-electron chi connectivity index (χ1n) is 9.10. The fourth-order valence-corrected chi connectivity index (χ4v) is 4.11. The van der Waals surface area contributed by atoms with Gasteiger partial charge in [0.2, 0.25) is 5.91 Å². The van der Waals surface area contributed by atoms with Gasteiger partial charge < -0.3 is 9.64 Å². The number of hydrogen-bond donors (Lipinski definition) is 0. The molecule has 0 atom stereocenters. The Morgan fingerprint density at radius 2 is 1.78 bits per heavy atom. The van der Waals surface area contributed by atoms with Gasteiger partial charge in [-0.3, -0.25) is 9.69 Å². The van der Waals surface area contributed by atoms with Crippen molar-refractivity contribution >= 4 is 27.4 Å². The fraction of sp³-hybridized carbons (Fsp3) is 0.579. The number of nitrogens with zero attached hydrogens (tertiary/aromatic N) is 2. The van der Waals surface area contributed by atoms with Crippen molar-refractivity contribution in [2.45, 2.75) is 31.7 Å². The number of rotatable bonds is 7. The molecule has 8 heteroatoms. The summed E-state index contributed by atoms with van der Waals surface area (Å²) in [6, 6.07) is 9.15. The molecule has 150 valence electrons. The van der Waals surface area contributed by atoms with E-state index in [4.69, 9.17) is 4.74 Å². The molecule has 1 aliphatic heterocycles. The van der Waals surface area contributed by atoms with Gasteiger partial charge in [0.15, 0.2) is 0 Å². The number of piperidine rings is 1. The summed E-state index contributed by atoms with van der Waals surface area (Å²) in [7, 11) is -1.71. The minimum absolute atomic E-state index is 0.0779. The molecule has 0 aromatic heterocycles. The first kappa shape index (κ1) is 21.4. The molecule has 1 saturated heterocycles. The van der Waals surface area contributed by atoms with Crippen LogP contribution < -0.4 is 4.90 Å². The summed E-state index contributed by atoms with van der Waals surface area (Å²) in [6.07, 6.45) is 2.27. The van der Waals surface area contributed by atoms with Crippen LogP contribution in [0.2, 0.25) is 0 Å². The summed E-state index contributed by atoms with van der Waals surface area (Å²) in [4.78, 5) is 29.2. The lowest BCUT2D eigenvalue weighted by atomic mass is 9.84. The number of anilines is 1. The van der Waals surface area contributed by atoms with Crippen molar-refractivity contribution < 1.29 is 22.7 Å². The number of ether oxygens (including phenoxy) is 1. The molecule has 1 heterocycles. The number of methoxy groups -OCH3 is 1.